The van der Waals surface area contributed by atoms with E-state index in [9.17, 15) is 22.8 Å². The standard InChI is InChI=1S/C27H31FN6O4.C2HF3O2/c1-5-37-22-12-19(21(28)13-23(22)38-15(2)3)24(32-18-8-6-17(7-9-18)25(29)30)27(36)34-33-26(35)20-14-31-11-10-16(20)4;3-2(4,5)1(6)7/h6-15,24,32H,5H2,1-4H3,(H3,29,30)(H,33,35)(H,34,36);(H,6,7). The fraction of sp³-hybridized carbons (Fsp3) is 0.276. The Morgan fingerprint density at radius 2 is 1.69 bits per heavy atom. The predicted molar refractivity (Wildman–Crippen MR) is 155 cm³/mol. The van der Waals surface area contributed by atoms with Crippen LogP contribution in [0.4, 0.5) is 23.2 Å². The van der Waals surface area contributed by atoms with E-state index in [0.717, 1.165) is 0 Å². The minimum Gasteiger partial charge on any atom is -0.490 e. The first kappa shape index (κ1) is 35.8. The summed E-state index contributed by atoms with van der Waals surface area (Å²) >= 11 is 0. The Labute approximate surface area is 255 Å². The number of hydrazine groups is 1. The molecule has 242 valence electrons. The number of ether oxygens (including phenoxy) is 2. The molecule has 0 bridgehead atoms. The number of amidine groups is 1. The van der Waals surface area contributed by atoms with Gasteiger partial charge in [-0.2, -0.15) is 13.2 Å². The molecule has 0 aliphatic rings. The molecule has 0 fully saturated rings. The number of anilines is 1. The van der Waals surface area contributed by atoms with Crippen molar-refractivity contribution in [3.05, 3.63) is 82.9 Å². The number of benzene rings is 2. The number of carbonyl (C=O) groups excluding carboxylic acids is 2. The van der Waals surface area contributed by atoms with Gasteiger partial charge in [-0.25, -0.2) is 9.18 Å². The lowest BCUT2D eigenvalue weighted by atomic mass is 10.0. The normalized spacial score (nSPS) is 11.4. The molecule has 2 aromatic carbocycles. The number of aryl methyl sites for hydroxylation is 1. The summed E-state index contributed by atoms with van der Waals surface area (Å²) < 4.78 is 58.5. The molecule has 1 heterocycles. The summed E-state index contributed by atoms with van der Waals surface area (Å²) in [5.74, 6) is -4.45. The second kappa shape index (κ2) is 15.9. The number of hydrogen-bond donors (Lipinski definition) is 6. The first-order valence-corrected chi connectivity index (χ1v) is 13.2. The highest BCUT2D eigenvalue weighted by Crippen LogP contribution is 2.35. The fourth-order valence-electron chi connectivity index (χ4n) is 3.54. The molecular weight excluding hydrogens is 604 g/mol. The molecule has 0 spiro atoms. The van der Waals surface area contributed by atoms with Crippen LogP contribution in [0, 0.1) is 18.2 Å². The highest BCUT2D eigenvalue weighted by Gasteiger charge is 2.38. The summed E-state index contributed by atoms with van der Waals surface area (Å²) in [6.07, 6.45) is -2.39. The summed E-state index contributed by atoms with van der Waals surface area (Å²) in [5, 5.41) is 17.7. The molecule has 0 aliphatic carbocycles. The lowest BCUT2D eigenvalue weighted by Gasteiger charge is -2.23. The summed E-state index contributed by atoms with van der Waals surface area (Å²) in [6.45, 7) is 7.40. The van der Waals surface area contributed by atoms with Gasteiger partial charge in [0.05, 0.1) is 18.3 Å². The van der Waals surface area contributed by atoms with Crippen molar-refractivity contribution in [3.63, 3.8) is 0 Å². The number of aliphatic carboxylic acids is 1. The topological polar surface area (TPSA) is 189 Å². The summed E-state index contributed by atoms with van der Waals surface area (Å²) in [6, 6.07) is 9.32. The van der Waals surface area contributed by atoms with E-state index in [1.165, 1.54) is 18.3 Å². The number of alkyl halides is 3. The van der Waals surface area contributed by atoms with E-state index < -0.39 is 35.8 Å². The van der Waals surface area contributed by atoms with Crippen molar-refractivity contribution in [1.82, 2.24) is 15.8 Å². The van der Waals surface area contributed by atoms with E-state index in [4.69, 9.17) is 30.5 Å². The molecule has 16 heteroatoms. The van der Waals surface area contributed by atoms with E-state index in [-0.39, 0.29) is 41.2 Å². The molecular formula is C29H32F4N6O6. The van der Waals surface area contributed by atoms with Crippen LogP contribution in [0.3, 0.4) is 0 Å². The second-order valence-electron chi connectivity index (χ2n) is 9.43. The lowest BCUT2D eigenvalue weighted by Crippen LogP contribution is -2.45. The van der Waals surface area contributed by atoms with E-state index in [2.05, 4.69) is 21.2 Å². The van der Waals surface area contributed by atoms with Gasteiger partial charge in [0, 0.05) is 35.3 Å². The van der Waals surface area contributed by atoms with Crippen LogP contribution < -0.4 is 31.4 Å². The Morgan fingerprint density at radius 1 is 1.07 bits per heavy atom. The van der Waals surface area contributed by atoms with Crippen LogP contribution in [0.5, 0.6) is 11.5 Å². The van der Waals surface area contributed by atoms with E-state index >= 15 is 4.39 Å². The molecule has 0 saturated heterocycles. The second-order valence-corrected chi connectivity index (χ2v) is 9.43. The first-order chi connectivity index (χ1) is 21.0. The van der Waals surface area contributed by atoms with Gasteiger partial charge in [-0.05, 0) is 69.7 Å². The molecule has 1 atom stereocenters. The zero-order valence-electron chi connectivity index (χ0n) is 24.6. The number of rotatable bonds is 10. The average molecular weight is 637 g/mol. The third kappa shape index (κ3) is 10.7. The molecule has 2 amide bonds. The van der Waals surface area contributed by atoms with E-state index in [0.29, 0.717) is 16.8 Å². The van der Waals surface area contributed by atoms with Crippen molar-refractivity contribution in [3.8, 4) is 11.5 Å². The van der Waals surface area contributed by atoms with Crippen LogP contribution in [0.1, 0.15) is 53.9 Å². The average Bonchev–Trinajstić information content (AvgIpc) is 2.96. The van der Waals surface area contributed by atoms with Gasteiger partial charge >= 0.3 is 12.1 Å². The molecule has 0 aliphatic heterocycles. The van der Waals surface area contributed by atoms with Crippen LogP contribution in [0.25, 0.3) is 0 Å². The lowest BCUT2D eigenvalue weighted by molar-refractivity contribution is -0.192. The van der Waals surface area contributed by atoms with Gasteiger partial charge in [0.1, 0.15) is 17.7 Å². The minimum absolute atomic E-state index is 0.0375. The summed E-state index contributed by atoms with van der Waals surface area (Å²) in [5.41, 5.74) is 12.1. The molecule has 45 heavy (non-hydrogen) atoms. The Balaban J connectivity index is 0.000000900. The van der Waals surface area contributed by atoms with Crippen molar-refractivity contribution in [2.75, 3.05) is 11.9 Å². The zero-order chi connectivity index (χ0) is 33.9. The van der Waals surface area contributed by atoms with Crippen LogP contribution in [0.2, 0.25) is 0 Å². The first-order valence-electron chi connectivity index (χ1n) is 13.2. The number of nitrogens with one attached hydrogen (secondary N) is 4. The third-order valence-corrected chi connectivity index (χ3v) is 5.63. The largest absolute Gasteiger partial charge is 0.490 e. The van der Waals surface area contributed by atoms with Gasteiger partial charge in [0.2, 0.25) is 0 Å². The number of carboxylic acids is 1. The van der Waals surface area contributed by atoms with Crippen molar-refractivity contribution < 1.29 is 46.5 Å². The number of pyridine rings is 1. The third-order valence-electron chi connectivity index (χ3n) is 5.63. The summed E-state index contributed by atoms with van der Waals surface area (Å²) in [7, 11) is 0. The number of halogens is 4. The Morgan fingerprint density at radius 3 is 2.20 bits per heavy atom. The van der Waals surface area contributed by atoms with Crippen LogP contribution >= 0.6 is 0 Å². The van der Waals surface area contributed by atoms with Crippen LogP contribution in [-0.2, 0) is 9.59 Å². The summed E-state index contributed by atoms with van der Waals surface area (Å²) in [4.78, 5) is 38.8. The number of aromatic nitrogens is 1. The van der Waals surface area contributed by atoms with Gasteiger partial charge in [-0.15, -0.1) is 0 Å². The monoisotopic (exact) mass is 636 g/mol. The fourth-order valence-corrected chi connectivity index (χ4v) is 3.54. The smallest absolute Gasteiger partial charge is 0.490 e. The Hall–Kier alpha value is -5.41. The molecule has 3 rings (SSSR count). The van der Waals surface area contributed by atoms with Crippen molar-refractivity contribution in [1.29, 1.82) is 5.41 Å². The maximum atomic E-state index is 15.4. The Kier molecular flexibility index (Phi) is 12.6. The Bertz CT molecular complexity index is 1520. The minimum atomic E-state index is -5.08. The zero-order valence-corrected chi connectivity index (χ0v) is 24.6. The number of nitrogen functional groups attached to an aromatic ring is 1. The number of amides is 2. The molecule has 0 radical (unpaired) electrons. The van der Waals surface area contributed by atoms with Crippen molar-refractivity contribution in [2.45, 2.75) is 46.0 Å². The van der Waals surface area contributed by atoms with Crippen molar-refractivity contribution >= 4 is 29.3 Å². The highest BCUT2D eigenvalue weighted by atomic mass is 19.4. The van der Waals surface area contributed by atoms with Crippen LogP contribution in [-0.4, -0.2) is 52.6 Å². The van der Waals surface area contributed by atoms with Gasteiger partial charge in [-0.1, -0.05) is 0 Å². The molecule has 1 aromatic heterocycles. The number of carboxylic acid groups (broad SMARTS) is 1. The number of hydrogen-bond acceptors (Lipinski definition) is 8. The maximum absolute atomic E-state index is 15.4. The number of nitrogens with zero attached hydrogens (tertiary/aromatic N) is 1. The molecule has 3 aromatic rings. The van der Waals surface area contributed by atoms with Crippen LogP contribution in [0.15, 0.2) is 54.9 Å². The van der Waals surface area contributed by atoms with Gasteiger partial charge in [-0.3, -0.25) is 30.8 Å². The molecule has 12 nitrogen and oxygen atoms in total. The number of carbonyl (C=O) groups is 3. The van der Waals surface area contributed by atoms with Gasteiger partial charge in [0.15, 0.2) is 11.5 Å². The molecule has 0 saturated carbocycles. The van der Waals surface area contributed by atoms with E-state index in [1.807, 2.05) is 0 Å². The van der Waals surface area contributed by atoms with E-state index in [1.54, 1.807) is 64.2 Å². The quantitative estimate of drug-likeness (QED) is 0.0818. The molecule has 1 unspecified atom stereocenters. The SMILES string of the molecule is CCOc1cc(C(Nc2ccc(C(=N)N)cc2)C(=O)NNC(=O)c2cnccc2C)c(F)cc1OC(C)C.O=C(O)C(F)(F)F. The predicted octanol–water partition coefficient (Wildman–Crippen LogP) is 4.25. The van der Waals surface area contributed by atoms with Crippen molar-refractivity contribution in [2.24, 2.45) is 5.73 Å². The van der Waals surface area contributed by atoms with Gasteiger partial charge < -0.3 is 25.6 Å². The van der Waals surface area contributed by atoms with Gasteiger partial charge in [0.25, 0.3) is 11.8 Å². The molecule has 7 N–H and O–H groups in total. The maximum Gasteiger partial charge on any atom is 0.490 e. The number of nitrogens with two attached hydrogens (primary N) is 1. The highest BCUT2D eigenvalue weighted by molar-refractivity contribution is 5.97.